The third-order valence-electron chi connectivity index (χ3n) is 8.92. The summed E-state index contributed by atoms with van der Waals surface area (Å²) in [6.07, 6.45) is 23.1. The lowest BCUT2D eigenvalue weighted by Gasteiger charge is -2.12. The Kier molecular flexibility index (Phi) is 22.5. The van der Waals surface area contributed by atoms with Crippen LogP contribution >= 0.6 is 0 Å². The van der Waals surface area contributed by atoms with Crippen LogP contribution in [-0.2, 0) is 25.7 Å². The standard InChI is InChI=1S/C46H62O2/c1-5-9-13-17-25-39-37-45(31-23-33-47)41(27-19-15-11-7-3)35-43(39)29-21-22-30-44-36-42(28-20-16-12-8-4)46(32-24-34-48)38-40(44)26-18-14-10-6-2/h35-38,47-48H,5-20,25-28,33-34H2,1-4H3. The van der Waals surface area contributed by atoms with Crippen molar-refractivity contribution in [3.8, 4) is 47.4 Å². The lowest BCUT2D eigenvalue weighted by molar-refractivity contribution is 0.350. The molecular weight excluding hydrogens is 585 g/mol. The van der Waals surface area contributed by atoms with Crippen molar-refractivity contribution in [2.24, 2.45) is 0 Å². The highest BCUT2D eigenvalue weighted by Crippen LogP contribution is 2.23. The first kappa shape index (κ1) is 40.8. The normalized spacial score (nSPS) is 10.2. The lowest BCUT2D eigenvalue weighted by atomic mass is 9.92. The van der Waals surface area contributed by atoms with Crippen molar-refractivity contribution in [3.05, 3.63) is 68.8 Å². The molecule has 0 saturated heterocycles. The molecule has 0 radical (unpaired) electrons. The van der Waals surface area contributed by atoms with Gasteiger partial charge in [0.25, 0.3) is 0 Å². The van der Waals surface area contributed by atoms with E-state index in [1.807, 2.05) is 0 Å². The first-order chi connectivity index (χ1) is 23.6. The van der Waals surface area contributed by atoms with Crippen LogP contribution in [0.5, 0.6) is 0 Å². The van der Waals surface area contributed by atoms with Crippen molar-refractivity contribution in [3.63, 3.8) is 0 Å². The maximum absolute atomic E-state index is 9.42. The van der Waals surface area contributed by atoms with Crippen LogP contribution in [0.25, 0.3) is 0 Å². The van der Waals surface area contributed by atoms with Gasteiger partial charge in [-0.2, -0.15) is 0 Å². The van der Waals surface area contributed by atoms with Gasteiger partial charge < -0.3 is 10.2 Å². The minimum atomic E-state index is -0.131. The van der Waals surface area contributed by atoms with Crippen LogP contribution in [0.15, 0.2) is 24.3 Å². The maximum Gasteiger partial charge on any atom is 0.104 e. The highest BCUT2D eigenvalue weighted by atomic mass is 16.3. The summed E-state index contributed by atoms with van der Waals surface area (Å²) in [4.78, 5) is 0. The van der Waals surface area contributed by atoms with E-state index < -0.39 is 0 Å². The summed E-state index contributed by atoms with van der Waals surface area (Å²) in [5.74, 6) is 25.7. The molecule has 48 heavy (non-hydrogen) atoms. The molecule has 0 spiro atoms. The summed E-state index contributed by atoms with van der Waals surface area (Å²) in [6, 6.07) is 8.96. The number of hydrogen-bond donors (Lipinski definition) is 2. The fourth-order valence-corrected chi connectivity index (χ4v) is 6.11. The number of aryl methyl sites for hydroxylation is 4. The van der Waals surface area contributed by atoms with E-state index in [4.69, 9.17) is 0 Å². The molecule has 0 unspecified atom stereocenters. The van der Waals surface area contributed by atoms with Crippen molar-refractivity contribution in [2.45, 2.75) is 156 Å². The molecule has 0 atom stereocenters. The Morgan fingerprint density at radius 3 is 0.896 bits per heavy atom. The molecule has 0 heterocycles. The zero-order valence-corrected chi connectivity index (χ0v) is 30.8. The molecule has 2 N–H and O–H groups in total. The largest absolute Gasteiger partial charge is 0.384 e. The van der Waals surface area contributed by atoms with E-state index in [9.17, 15) is 10.2 Å². The molecule has 0 fully saturated rings. The van der Waals surface area contributed by atoms with Gasteiger partial charge in [0.1, 0.15) is 13.2 Å². The molecule has 2 heteroatoms. The van der Waals surface area contributed by atoms with Crippen LogP contribution in [0.2, 0.25) is 0 Å². The first-order valence-electron chi connectivity index (χ1n) is 19.1. The molecule has 0 aliphatic rings. The van der Waals surface area contributed by atoms with Gasteiger partial charge in [0.2, 0.25) is 0 Å². The van der Waals surface area contributed by atoms with Gasteiger partial charge in [0.15, 0.2) is 0 Å². The molecule has 0 saturated carbocycles. The van der Waals surface area contributed by atoms with E-state index in [1.165, 1.54) is 99.3 Å². The Morgan fingerprint density at radius 2 is 0.646 bits per heavy atom. The van der Waals surface area contributed by atoms with E-state index in [2.05, 4.69) is 99.3 Å². The summed E-state index contributed by atoms with van der Waals surface area (Å²) in [5.41, 5.74) is 9.11. The Bertz CT molecular complexity index is 1350. The Labute approximate surface area is 294 Å². The predicted molar refractivity (Wildman–Crippen MR) is 206 cm³/mol. The maximum atomic E-state index is 9.42. The zero-order chi connectivity index (χ0) is 34.7. The minimum absolute atomic E-state index is 0.131. The SMILES string of the molecule is CCCCCCc1cc(C#CCO)c(CCCCCC)cc1C#CC#Cc1cc(CCCCCC)c(C#CCO)cc1CCCCCC. The molecule has 0 aliphatic carbocycles. The topological polar surface area (TPSA) is 40.5 Å². The molecule has 0 aromatic heterocycles. The second-order valence-electron chi connectivity index (χ2n) is 13.0. The highest BCUT2D eigenvalue weighted by Gasteiger charge is 2.10. The Hall–Kier alpha value is -3.40. The van der Waals surface area contributed by atoms with Crippen LogP contribution in [-0.4, -0.2) is 23.4 Å². The van der Waals surface area contributed by atoms with Gasteiger partial charge in [-0.05, 0) is 110 Å². The van der Waals surface area contributed by atoms with Crippen LogP contribution in [0.1, 0.15) is 175 Å². The quantitative estimate of drug-likeness (QED) is 0.111. The average molecular weight is 647 g/mol. The van der Waals surface area contributed by atoms with Crippen LogP contribution in [0.3, 0.4) is 0 Å². The summed E-state index contributed by atoms with van der Waals surface area (Å²) >= 11 is 0. The first-order valence-corrected chi connectivity index (χ1v) is 19.1. The minimum Gasteiger partial charge on any atom is -0.384 e. The number of hydrogen-bond acceptors (Lipinski definition) is 2. The van der Waals surface area contributed by atoms with Gasteiger partial charge in [0, 0.05) is 22.3 Å². The van der Waals surface area contributed by atoms with Crippen molar-refractivity contribution >= 4 is 0 Å². The van der Waals surface area contributed by atoms with E-state index in [0.29, 0.717) is 0 Å². The zero-order valence-electron chi connectivity index (χ0n) is 30.8. The molecular formula is C46H62O2. The van der Waals surface area contributed by atoms with Gasteiger partial charge >= 0.3 is 0 Å². The molecule has 2 aromatic carbocycles. The number of aliphatic hydroxyl groups excluding tert-OH is 2. The van der Waals surface area contributed by atoms with Crippen molar-refractivity contribution in [1.29, 1.82) is 0 Å². The Balaban J connectivity index is 2.55. The second kappa shape index (κ2) is 26.5. The molecule has 0 aliphatic heterocycles. The van der Waals surface area contributed by atoms with Gasteiger partial charge in [-0.25, -0.2) is 0 Å². The van der Waals surface area contributed by atoms with E-state index in [-0.39, 0.29) is 13.2 Å². The molecule has 258 valence electrons. The van der Waals surface area contributed by atoms with E-state index >= 15 is 0 Å². The number of benzene rings is 2. The lowest BCUT2D eigenvalue weighted by Crippen LogP contribution is -1.99. The monoisotopic (exact) mass is 646 g/mol. The third-order valence-corrected chi connectivity index (χ3v) is 8.92. The van der Waals surface area contributed by atoms with E-state index in [0.717, 1.165) is 73.6 Å². The molecule has 0 bridgehead atoms. The summed E-state index contributed by atoms with van der Waals surface area (Å²) < 4.78 is 0. The van der Waals surface area contributed by atoms with Crippen molar-refractivity contribution in [2.75, 3.05) is 13.2 Å². The van der Waals surface area contributed by atoms with Crippen LogP contribution < -0.4 is 0 Å². The van der Waals surface area contributed by atoms with E-state index in [1.54, 1.807) is 0 Å². The van der Waals surface area contributed by atoms with Gasteiger partial charge in [-0.1, -0.05) is 140 Å². The smallest absolute Gasteiger partial charge is 0.104 e. The number of unbranched alkanes of at least 4 members (excludes halogenated alkanes) is 12. The molecule has 2 aromatic rings. The molecule has 0 amide bonds. The fraction of sp³-hybridized carbons (Fsp3) is 0.565. The van der Waals surface area contributed by atoms with Gasteiger partial charge in [-0.15, -0.1) is 0 Å². The van der Waals surface area contributed by atoms with Crippen molar-refractivity contribution < 1.29 is 10.2 Å². The van der Waals surface area contributed by atoms with Crippen molar-refractivity contribution in [1.82, 2.24) is 0 Å². The summed E-state index contributed by atoms with van der Waals surface area (Å²) in [5, 5.41) is 18.8. The molecule has 2 nitrogen and oxygen atoms in total. The third kappa shape index (κ3) is 16.1. The number of aliphatic hydroxyl groups is 2. The van der Waals surface area contributed by atoms with Gasteiger partial charge in [-0.3, -0.25) is 0 Å². The highest BCUT2D eigenvalue weighted by molar-refractivity contribution is 5.56. The second-order valence-corrected chi connectivity index (χ2v) is 13.0. The van der Waals surface area contributed by atoms with Crippen LogP contribution in [0.4, 0.5) is 0 Å². The van der Waals surface area contributed by atoms with Crippen LogP contribution in [0, 0.1) is 47.4 Å². The fourth-order valence-electron chi connectivity index (χ4n) is 6.11. The Morgan fingerprint density at radius 1 is 0.375 bits per heavy atom. The average Bonchev–Trinajstić information content (AvgIpc) is 3.10. The predicted octanol–water partition coefficient (Wildman–Crippen LogP) is 10.3. The molecule has 2 rings (SSSR count). The van der Waals surface area contributed by atoms with Gasteiger partial charge in [0.05, 0.1) is 0 Å². The summed E-state index contributed by atoms with van der Waals surface area (Å²) in [6.45, 7) is 8.71. The summed E-state index contributed by atoms with van der Waals surface area (Å²) in [7, 11) is 0. The number of rotatable bonds is 20.